The third-order valence-corrected chi connectivity index (χ3v) is 8.10. The molecule has 2 amide bonds. The van der Waals surface area contributed by atoms with E-state index in [4.69, 9.17) is 21.4 Å². The number of thiophene rings is 1. The smallest absolute Gasteiger partial charge is 0.349 e. The number of benzene rings is 2. The van der Waals surface area contributed by atoms with Crippen molar-refractivity contribution in [1.82, 2.24) is 5.32 Å². The van der Waals surface area contributed by atoms with Gasteiger partial charge in [-0.05, 0) is 42.5 Å². The molecule has 1 saturated carbocycles. The van der Waals surface area contributed by atoms with Crippen LogP contribution >= 0.6 is 22.9 Å². The Morgan fingerprint density at radius 1 is 1.03 bits per heavy atom. The standard InChI is InChI=1S/C28H29ClN2O6S/c29-23-24(37-17-22(32)33)26(27(34)35)38-25(23)19-10-7-13-21(16-19)31(20-11-5-2-6-12-20)28(36)30-15-14-18-8-3-1-4-9-18/h1,3-4,7-10,13,16,20H,2,5-6,11-12,14-15,17H2,(H,30,36)(H,32,33)(H,34,35). The molecule has 1 aromatic heterocycles. The largest absolute Gasteiger partial charge is 0.479 e. The molecule has 1 aliphatic carbocycles. The number of aliphatic carboxylic acids is 1. The van der Waals surface area contributed by atoms with Gasteiger partial charge in [0.1, 0.15) is 5.02 Å². The topological polar surface area (TPSA) is 116 Å². The molecule has 1 aliphatic rings. The van der Waals surface area contributed by atoms with Crippen molar-refractivity contribution in [1.29, 1.82) is 0 Å². The summed E-state index contributed by atoms with van der Waals surface area (Å²) in [6, 6.07) is 17.1. The normalized spacial score (nSPS) is 13.6. The van der Waals surface area contributed by atoms with Crippen molar-refractivity contribution in [2.75, 3.05) is 18.1 Å². The summed E-state index contributed by atoms with van der Waals surface area (Å²) in [7, 11) is 0. The van der Waals surface area contributed by atoms with Crippen LogP contribution in [0.4, 0.5) is 10.5 Å². The second-order valence-electron chi connectivity index (χ2n) is 9.07. The molecule has 3 N–H and O–H groups in total. The van der Waals surface area contributed by atoms with E-state index in [0.29, 0.717) is 29.1 Å². The lowest BCUT2D eigenvalue weighted by molar-refractivity contribution is -0.139. The molecule has 0 aliphatic heterocycles. The highest BCUT2D eigenvalue weighted by atomic mass is 35.5. The molecule has 200 valence electrons. The summed E-state index contributed by atoms with van der Waals surface area (Å²) in [4.78, 5) is 38.3. The second kappa shape index (κ2) is 12.8. The number of ether oxygens (including phenoxy) is 1. The molecular weight excluding hydrogens is 528 g/mol. The second-order valence-corrected chi connectivity index (χ2v) is 10.5. The molecule has 0 radical (unpaired) electrons. The van der Waals surface area contributed by atoms with E-state index in [1.54, 1.807) is 17.0 Å². The van der Waals surface area contributed by atoms with Gasteiger partial charge in [-0.25, -0.2) is 14.4 Å². The third-order valence-electron chi connectivity index (χ3n) is 6.42. The highest BCUT2D eigenvalue weighted by molar-refractivity contribution is 7.18. The number of anilines is 1. The van der Waals surface area contributed by atoms with E-state index in [1.807, 2.05) is 42.5 Å². The van der Waals surface area contributed by atoms with E-state index in [2.05, 4.69) is 5.32 Å². The Morgan fingerprint density at radius 2 is 1.76 bits per heavy atom. The average molecular weight is 557 g/mol. The minimum absolute atomic E-state index is 0.0299. The van der Waals surface area contributed by atoms with Gasteiger partial charge in [-0.3, -0.25) is 4.90 Å². The fraction of sp³-hybridized carbons (Fsp3) is 0.321. The minimum Gasteiger partial charge on any atom is -0.479 e. The summed E-state index contributed by atoms with van der Waals surface area (Å²) in [5.74, 6) is -2.68. The number of carboxylic acid groups (broad SMARTS) is 2. The van der Waals surface area contributed by atoms with Gasteiger partial charge in [-0.1, -0.05) is 73.3 Å². The lowest BCUT2D eigenvalue weighted by Crippen LogP contribution is -2.47. The lowest BCUT2D eigenvalue weighted by Gasteiger charge is -2.34. The van der Waals surface area contributed by atoms with Crippen molar-refractivity contribution < 1.29 is 29.3 Å². The number of urea groups is 1. The van der Waals surface area contributed by atoms with Gasteiger partial charge in [0.25, 0.3) is 0 Å². The number of halogens is 1. The zero-order chi connectivity index (χ0) is 27.1. The molecule has 0 saturated heterocycles. The maximum Gasteiger partial charge on any atom is 0.349 e. The third kappa shape index (κ3) is 6.65. The molecule has 0 atom stereocenters. The van der Waals surface area contributed by atoms with Crippen LogP contribution in [0.25, 0.3) is 10.4 Å². The van der Waals surface area contributed by atoms with Gasteiger partial charge in [-0.15, -0.1) is 11.3 Å². The van der Waals surface area contributed by atoms with E-state index >= 15 is 0 Å². The molecule has 0 bridgehead atoms. The van der Waals surface area contributed by atoms with Crippen LogP contribution < -0.4 is 15.0 Å². The van der Waals surface area contributed by atoms with Gasteiger partial charge < -0.3 is 20.3 Å². The first-order valence-electron chi connectivity index (χ1n) is 12.5. The molecule has 0 unspecified atom stereocenters. The van der Waals surface area contributed by atoms with E-state index in [-0.39, 0.29) is 27.7 Å². The molecule has 4 rings (SSSR count). The van der Waals surface area contributed by atoms with E-state index in [9.17, 15) is 19.5 Å². The fourth-order valence-electron chi connectivity index (χ4n) is 4.66. The van der Waals surface area contributed by atoms with E-state index < -0.39 is 18.5 Å². The number of carbonyl (C=O) groups is 3. The van der Waals surface area contributed by atoms with E-state index in [1.165, 1.54) is 0 Å². The predicted octanol–water partition coefficient (Wildman–Crippen LogP) is 6.32. The number of carbonyl (C=O) groups excluding carboxylic acids is 1. The van der Waals surface area contributed by atoms with Crippen LogP contribution in [0.3, 0.4) is 0 Å². The molecule has 1 heterocycles. The van der Waals surface area contributed by atoms with Crippen molar-refractivity contribution >= 4 is 46.6 Å². The Labute approximate surface area is 229 Å². The van der Waals surface area contributed by atoms with Gasteiger partial charge in [0.2, 0.25) is 0 Å². The molecule has 1 fully saturated rings. The highest BCUT2D eigenvalue weighted by Gasteiger charge is 2.29. The zero-order valence-corrected chi connectivity index (χ0v) is 22.3. The summed E-state index contributed by atoms with van der Waals surface area (Å²) in [6.07, 6.45) is 5.73. The Bertz CT molecular complexity index is 1290. The monoisotopic (exact) mass is 556 g/mol. The van der Waals surface area contributed by atoms with Crippen LogP contribution in [0, 0.1) is 0 Å². The number of nitrogens with zero attached hydrogens (tertiary/aromatic N) is 1. The Balaban J connectivity index is 1.62. The SMILES string of the molecule is O=C(O)COc1c(C(=O)O)sc(-c2cccc(N(C(=O)NCCc3ccccc3)C3CCCCC3)c2)c1Cl. The number of hydrogen-bond acceptors (Lipinski definition) is 5. The predicted molar refractivity (Wildman–Crippen MR) is 148 cm³/mol. The summed E-state index contributed by atoms with van der Waals surface area (Å²) in [5.41, 5.74) is 2.44. The molecule has 2 aromatic carbocycles. The Hall–Kier alpha value is -3.56. The first kappa shape index (κ1) is 27.5. The summed E-state index contributed by atoms with van der Waals surface area (Å²) in [6.45, 7) is -0.219. The quantitative estimate of drug-likeness (QED) is 0.269. The number of carboxylic acids is 2. The average Bonchev–Trinajstić information content (AvgIpc) is 3.25. The van der Waals surface area contributed by atoms with Crippen LogP contribution in [0.5, 0.6) is 5.75 Å². The van der Waals surface area contributed by atoms with Crippen LogP contribution in [0.2, 0.25) is 5.02 Å². The molecule has 8 nitrogen and oxygen atoms in total. The van der Waals surface area contributed by atoms with Crippen molar-refractivity contribution in [3.8, 4) is 16.2 Å². The fourth-order valence-corrected chi connectivity index (χ4v) is 6.06. The van der Waals surface area contributed by atoms with Gasteiger partial charge in [0, 0.05) is 18.3 Å². The number of rotatable bonds is 10. The number of aromatic carboxylic acids is 1. The van der Waals surface area contributed by atoms with Crippen LogP contribution in [0.15, 0.2) is 54.6 Å². The molecular formula is C28H29ClN2O6S. The summed E-state index contributed by atoms with van der Waals surface area (Å²) >= 11 is 7.40. The van der Waals surface area contributed by atoms with E-state index in [0.717, 1.165) is 49.0 Å². The highest BCUT2D eigenvalue weighted by Crippen LogP contribution is 2.46. The van der Waals surface area contributed by atoms with Crippen LogP contribution in [-0.4, -0.2) is 47.4 Å². The Morgan fingerprint density at radius 3 is 2.45 bits per heavy atom. The van der Waals surface area contributed by atoms with Crippen LogP contribution in [-0.2, 0) is 11.2 Å². The van der Waals surface area contributed by atoms with Crippen LogP contribution in [0.1, 0.15) is 47.3 Å². The molecule has 10 heteroatoms. The Kier molecular flexibility index (Phi) is 9.25. The number of nitrogens with one attached hydrogen (secondary N) is 1. The summed E-state index contributed by atoms with van der Waals surface area (Å²) < 4.78 is 5.21. The van der Waals surface area contributed by atoms with Crippen molar-refractivity contribution in [2.24, 2.45) is 0 Å². The molecule has 0 spiro atoms. The van der Waals surface area contributed by atoms with Crippen molar-refractivity contribution in [2.45, 2.75) is 44.6 Å². The first-order chi connectivity index (χ1) is 18.3. The number of hydrogen-bond donors (Lipinski definition) is 3. The molecule has 38 heavy (non-hydrogen) atoms. The van der Waals surface area contributed by atoms with Gasteiger partial charge >= 0.3 is 18.0 Å². The maximum absolute atomic E-state index is 13.5. The summed E-state index contributed by atoms with van der Waals surface area (Å²) in [5, 5.41) is 21.7. The lowest BCUT2D eigenvalue weighted by atomic mass is 9.94. The van der Waals surface area contributed by atoms with Gasteiger partial charge in [0.05, 0.1) is 4.88 Å². The minimum atomic E-state index is -1.26. The number of amides is 2. The van der Waals surface area contributed by atoms with Crippen molar-refractivity contribution in [3.63, 3.8) is 0 Å². The van der Waals surface area contributed by atoms with Gasteiger partial charge in [0.15, 0.2) is 17.2 Å². The van der Waals surface area contributed by atoms with Crippen molar-refractivity contribution in [3.05, 3.63) is 70.1 Å². The maximum atomic E-state index is 13.5. The molecule has 3 aromatic rings. The first-order valence-corrected chi connectivity index (χ1v) is 13.7. The van der Waals surface area contributed by atoms with Gasteiger partial charge in [-0.2, -0.15) is 0 Å². The zero-order valence-electron chi connectivity index (χ0n) is 20.7.